The Kier molecular flexibility index (Phi) is 5.59. The third-order valence-electron chi connectivity index (χ3n) is 6.73. The van der Waals surface area contributed by atoms with Crippen molar-refractivity contribution in [2.24, 2.45) is 0 Å². The fourth-order valence-electron chi connectivity index (χ4n) is 4.29. The molecule has 0 aliphatic heterocycles. The zero-order chi connectivity index (χ0) is 22.2. The van der Waals surface area contributed by atoms with Gasteiger partial charge in [-0.2, -0.15) is 4.57 Å². The molecule has 4 nitrogen and oxygen atoms in total. The van der Waals surface area contributed by atoms with E-state index in [4.69, 9.17) is 11.5 Å². The molecule has 0 spiro atoms. The number of anilines is 2. The van der Waals surface area contributed by atoms with Gasteiger partial charge in [-0.1, -0.05) is 24.3 Å². The van der Waals surface area contributed by atoms with Gasteiger partial charge in [0.05, 0.1) is 43.9 Å². The van der Waals surface area contributed by atoms with Gasteiger partial charge in [-0.15, -0.1) is 0 Å². The molecule has 4 rings (SSSR count). The minimum atomic E-state index is 0.586. The molecule has 0 radical (unpaired) electrons. The van der Waals surface area contributed by atoms with Crippen LogP contribution in [0.2, 0.25) is 0 Å². The van der Waals surface area contributed by atoms with Crippen molar-refractivity contribution in [1.29, 1.82) is 0 Å². The van der Waals surface area contributed by atoms with Crippen molar-refractivity contribution in [2.45, 2.75) is 32.9 Å². The predicted molar refractivity (Wildman–Crippen MR) is 133 cm³/mol. The molecular weight excluding hydrogens is 380 g/mol. The number of hydrogen-bond acceptors (Lipinski definition) is 2. The maximum absolute atomic E-state index is 6.25. The first-order valence-corrected chi connectivity index (χ1v) is 11.1. The highest BCUT2D eigenvalue weighted by Gasteiger charge is 2.25. The highest BCUT2D eigenvalue weighted by atomic mass is 15.3. The lowest BCUT2D eigenvalue weighted by Crippen LogP contribution is -2.48. The number of pyridine rings is 1. The number of benzene rings is 3. The van der Waals surface area contributed by atoms with E-state index in [1.165, 1.54) is 32.9 Å². The molecule has 4 N–H and O–H groups in total. The van der Waals surface area contributed by atoms with E-state index in [0.717, 1.165) is 35.4 Å². The molecule has 0 saturated heterocycles. The van der Waals surface area contributed by atoms with Crippen molar-refractivity contribution in [3.05, 3.63) is 66.7 Å². The standard InChI is InChI=1S/C27H33N4/c1-19(2)31(3,4)16-8-15-30-26-18-22(29)12-14-24(26)23-13-11-21(28)17-25(23)27(30)20-9-6-5-7-10-20/h5-7,9-14,17-19,29H,8,15-16,28H2,1-4H3/q+1/p+1. The lowest BCUT2D eigenvalue weighted by molar-refractivity contribution is -0.913. The Labute approximate surface area is 185 Å². The summed E-state index contributed by atoms with van der Waals surface area (Å²) in [7, 11) is 4.62. The van der Waals surface area contributed by atoms with Gasteiger partial charge in [-0.05, 0) is 50.2 Å². The zero-order valence-corrected chi connectivity index (χ0v) is 19.1. The van der Waals surface area contributed by atoms with Gasteiger partial charge in [0.25, 0.3) is 0 Å². The fraction of sp³-hybridized carbons (Fsp3) is 0.296. The topological polar surface area (TPSA) is 55.9 Å². The Morgan fingerprint density at radius 1 is 0.806 bits per heavy atom. The number of rotatable bonds is 6. The summed E-state index contributed by atoms with van der Waals surface area (Å²) in [5.41, 5.74) is 17.6. The van der Waals surface area contributed by atoms with Gasteiger partial charge >= 0.3 is 0 Å². The van der Waals surface area contributed by atoms with E-state index >= 15 is 0 Å². The third kappa shape index (κ3) is 4.08. The molecule has 0 unspecified atom stereocenters. The van der Waals surface area contributed by atoms with E-state index in [9.17, 15) is 0 Å². The van der Waals surface area contributed by atoms with Gasteiger partial charge < -0.3 is 16.0 Å². The molecule has 31 heavy (non-hydrogen) atoms. The molecule has 0 atom stereocenters. The Balaban J connectivity index is 1.97. The summed E-state index contributed by atoms with van der Waals surface area (Å²) in [4.78, 5) is 0. The SMILES string of the molecule is CC(C)[N+](C)(C)CCC[n+]1c(-c2ccccc2)c2cc(N)ccc2c2ccc(N)cc21. The Hall–Kier alpha value is -3.11. The highest BCUT2D eigenvalue weighted by Crippen LogP contribution is 2.33. The van der Waals surface area contributed by atoms with Crippen LogP contribution in [0.15, 0.2) is 66.7 Å². The van der Waals surface area contributed by atoms with Crippen LogP contribution in [0.25, 0.3) is 32.9 Å². The summed E-state index contributed by atoms with van der Waals surface area (Å²) in [6.07, 6.45) is 1.08. The van der Waals surface area contributed by atoms with Gasteiger partial charge in [0.15, 0.2) is 6.54 Å². The van der Waals surface area contributed by atoms with Crippen LogP contribution in [-0.2, 0) is 6.54 Å². The molecule has 160 valence electrons. The van der Waals surface area contributed by atoms with Gasteiger partial charge in [0.2, 0.25) is 11.2 Å². The average Bonchev–Trinajstić information content (AvgIpc) is 2.74. The molecule has 0 saturated carbocycles. The number of nitrogens with zero attached hydrogens (tertiary/aromatic N) is 2. The summed E-state index contributed by atoms with van der Waals surface area (Å²) in [5.74, 6) is 0. The van der Waals surface area contributed by atoms with Crippen molar-refractivity contribution >= 4 is 33.1 Å². The van der Waals surface area contributed by atoms with Crippen molar-refractivity contribution in [2.75, 3.05) is 32.1 Å². The van der Waals surface area contributed by atoms with Gasteiger partial charge in [-0.25, -0.2) is 0 Å². The number of quaternary nitrogens is 1. The van der Waals surface area contributed by atoms with Crippen molar-refractivity contribution in [3.63, 3.8) is 0 Å². The predicted octanol–water partition coefficient (Wildman–Crippen LogP) is 4.99. The van der Waals surface area contributed by atoms with Crippen LogP contribution in [0.3, 0.4) is 0 Å². The molecule has 0 aliphatic rings. The number of hydrogen-bond donors (Lipinski definition) is 2. The van der Waals surface area contributed by atoms with Crippen LogP contribution in [0.5, 0.6) is 0 Å². The summed E-state index contributed by atoms with van der Waals surface area (Å²) in [6, 6.07) is 23.7. The van der Waals surface area contributed by atoms with E-state index in [0.29, 0.717) is 6.04 Å². The Morgan fingerprint density at radius 2 is 1.45 bits per heavy atom. The number of aromatic nitrogens is 1. The second kappa shape index (κ2) is 8.20. The normalized spacial score (nSPS) is 12.2. The smallest absolute Gasteiger partial charge is 0.220 e. The van der Waals surface area contributed by atoms with Crippen LogP contribution >= 0.6 is 0 Å². The Morgan fingerprint density at radius 3 is 2.13 bits per heavy atom. The number of fused-ring (bicyclic) bond motifs is 3. The van der Waals surface area contributed by atoms with E-state index in [1.807, 2.05) is 12.1 Å². The van der Waals surface area contributed by atoms with Gasteiger partial charge in [-0.3, -0.25) is 0 Å². The lowest BCUT2D eigenvalue weighted by Gasteiger charge is -2.33. The number of aryl methyl sites for hydroxylation is 1. The molecular formula is C27H34N4+2. The van der Waals surface area contributed by atoms with Crippen molar-refractivity contribution in [3.8, 4) is 11.3 Å². The second-order valence-corrected chi connectivity index (χ2v) is 9.40. The van der Waals surface area contributed by atoms with E-state index in [2.05, 4.69) is 87.1 Å². The first-order chi connectivity index (χ1) is 14.8. The zero-order valence-electron chi connectivity index (χ0n) is 19.1. The highest BCUT2D eigenvalue weighted by molar-refractivity contribution is 6.10. The second-order valence-electron chi connectivity index (χ2n) is 9.40. The molecule has 0 fully saturated rings. The van der Waals surface area contributed by atoms with Crippen LogP contribution in [-0.4, -0.2) is 31.2 Å². The molecule has 0 bridgehead atoms. The summed E-state index contributed by atoms with van der Waals surface area (Å²) in [5, 5.41) is 3.60. The molecule has 4 heteroatoms. The van der Waals surface area contributed by atoms with Crippen LogP contribution in [0, 0.1) is 0 Å². The minimum absolute atomic E-state index is 0.586. The molecule has 0 aliphatic carbocycles. The minimum Gasteiger partial charge on any atom is -0.399 e. The van der Waals surface area contributed by atoms with Gasteiger partial charge in [0, 0.05) is 28.4 Å². The van der Waals surface area contributed by atoms with Gasteiger partial charge in [0.1, 0.15) is 0 Å². The van der Waals surface area contributed by atoms with Crippen molar-refractivity contribution < 1.29 is 9.05 Å². The molecule has 4 aromatic rings. The van der Waals surface area contributed by atoms with E-state index in [1.54, 1.807) is 0 Å². The lowest BCUT2D eigenvalue weighted by atomic mass is 9.98. The van der Waals surface area contributed by atoms with E-state index < -0.39 is 0 Å². The first kappa shape index (κ1) is 21.1. The quantitative estimate of drug-likeness (QED) is 0.202. The Bertz CT molecular complexity index is 1230. The fourth-order valence-corrected chi connectivity index (χ4v) is 4.29. The molecule has 1 heterocycles. The van der Waals surface area contributed by atoms with E-state index in [-0.39, 0.29) is 0 Å². The molecule has 0 amide bonds. The number of nitrogens with two attached hydrogens (primary N) is 2. The number of nitrogen functional groups attached to an aromatic ring is 2. The first-order valence-electron chi connectivity index (χ1n) is 11.1. The summed E-state index contributed by atoms with van der Waals surface area (Å²) < 4.78 is 3.45. The molecule has 1 aromatic heterocycles. The monoisotopic (exact) mass is 414 g/mol. The summed E-state index contributed by atoms with van der Waals surface area (Å²) >= 11 is 0. The van der Waals surface area contributed by atoms with Crippen LogP contribution in [0.4, 0.5) is 11.4 Å². The summed E-state index contributed by atoms with van der Waals surface area (Å²) in [6.45, 7) is 6.61. The maximum Gasteiger partial charge on any atom is 0.220 e. The third-order valence-corrected chi connectivity index (χ3v) is 6.73. The maximum atomic E-state index is 6.25. The van der Waals surface area contributed by atoms with Crippen LogP contribution in [0.1, 0.15) is 20.3 Å². The average molecular weight is 415 g/mol. The van der Waals surface area contributed by atoms with Crippen molar-refractivity contribution in [1.82, 2.24) is 0 Å². The largest absolute Gasteiger partial charge is 0.399 e. The van der Waals surface area contributed by atoms with Crippen LogP contribution < -0.4 is 16.0 Å². The molecule has 3 aromatic carbocycles.